The second-order valence-electron chi connectivity index (χ2n) is 9.55. The van der Waals surface area contributed by atoms with Crippen LogP contribution in [0.1, 0.15) is 73.2 Å². The van der Waals surface area contributed by atoms with E-state index >= 15 is 0 Å². The number of aromatic nitrogens is 2. The number of rotatable bonds is 5. The van der Waals surface area contributed by atoms with Crippen LogP contribution in [0.4, 0.5) is 5.82 Å². The molecule has 31 heavy (non-hydrogen) atoms. The van der Waals surface area contributed by atoms with Gasteiger partial charge < -0.3 is 10.6 Å². The van der Waals surface area contributed by atoms with Crippen molar-refractivity contribution in [1.82, 2.24) is 15.1 Å². The molecule has 2 unspecified atom stereocenters. The van der Waals surface area contributed by atoms with E-state index in [0.29, 0.717) is 5.56 Å². The molecule has 2 heterocycles. The Morgan fingerprint density at radius 3 is 2.45 bits per heavy atom. The molecule has 162 valence electrons. The number of hydrogen-bond donors (Lipinski definition) is 2. The van der Waals surface area contributed by atoms with Crippen molar-refractivity contribution in [2.45, 2.75) is 58.7 Å². The van der Waals surface area contributed by atoms with Crippen LogP contribution in [0, 0.1) is 12.8 Å². The number of carbonyl (C=O) groups excluding carboxylic acids is 1. The maximum atomic E-state index is 13.4. The first-order chi connectivity index (χ1) is 14.8. The zero-order valence-electron chi connectivity index (χ0n) is 19.0. The van der Waals surface area contributed by atoms with E-state index in [4.69, 9.17) is 0 Å². The Bertz CT molecular complexity index is 1050. The van der Waals surface area contributed by atoms with E-state index < -0.39 is 0 Å². The minimum Gasteiger partial charge on any atom is -0.363 e. The summed E-state index contributed by atoms with van der Waals surface area (Å²) in [6, 6.07) is 18.8. The van der Waals surface area contributed by atoms with Gasteiger partial charge >= 0.3 is 0 Å². The Labute approximate surface area is 184 Å². The van der Waals surface area contributed by atoms with Crippen molar-refractivity contribution in [3.63, 3.8) is 0 Å². The molecule has 0 spiro atoms. The Morgan fingerprint density at radius 1 is 1.13 bits per heavy atom. The zero-order chi connectivity index (χ0) is 22.2. The second-order valence-corrected chi connectivity index (χ2v) is 9.55. The minimum atomic E-state index is -0.200. The highest BCUT2D eigenvalue weighted by Crippen LogP contribution is 2.40. The van der Waals surface area contributed by atoms with Crippen molar-refractivity contribution < 1.29 is 4.79 Å². The fourth-order valence-electron chi connectivity index (χ4n) is 4.43. The zero-order valence-corrected chi connectivity index (χ0v) is 19.0. The standard InChI is InChI=1S/C26H32N4O/c1-17(2)23(20-13-11-18(3)12-14-20)29-25(31)21-16-27-30-24(21)28-22(15-26(30,4)5)19-9-7-6-8-10-19/h6-14,16-17,22-23,28H,15H2,1-5H3,(H,29,31). The molecule has 1 aromatic heterocycles. The molecule has 0 fully saturated rings. The average Bonchev–Trinajstić information content (AvgIpc) is 3.18. The predicted octanol–water partition coefficient (Wildman–Crippen LogP) is 5.61. The van der Waals surface area contributed by atoms with Crippen molar-refractivity contribution in [2.24, 2.45) is 5.92 Å². The summed E-state index contributed by atoms with van der Waals surface area (Å²) < 4.78 is 1.96. The van der Waals surface area contributed by atoms with Crippen molar-refractivity contribution >= 4 is 11.7 Å². The van der Waals surface area contributed by atoms with E-state index in [1.807, 2.05) is 10.7 Å². The molecular weight excluding hydrogens is 384 g/mol. The SMILES string of the molecule is Cc1ccc(C(NC(=O)c2cnn3c2NC(c2ccccc2)CC3(C)C)C(C)C)cc1. The lowest BCUT2D eigenvalue weighted by Crippen LogP contribution is -2.39. The number of anilines is 1. The monoisotopic (exact) mass is 416 g/mol. The Balaban J connectivity index is 1.63. The molecule has 5 heteroatoms. The van der Waals surface area contributed by atoms with E-state index in [1.54, 1.807) is 6.20 Å². The lowest BCUT2D eigenvalue weighted by Gasteiger charge is -2.38. The number of nitrogens with zero attached hydrogens (tertiary/aromatic N) is 2. The molecule has 0 saturated carbocycles. The molecule has 5 nitrogen and oxygen atoms in total. The van der Waals surface area contributed by atoms with Gasteiger partial charge in [-0.25, -0.2) is 4.68 Å². The summed E-state index contributed by atoms with van der Waals surface area (Å²) in [6.45, 7) is 10.7. The molecule has 1 amide bonds. The first-order valence-corrected chi connectivity index (χ1v) is 11.0. The van der Waals surface area contributed by atoms with Crippen LogP contribution < -0.4 is 10.6 Å². The van der Waals surface area contributed by atoms with Crippen LogP contribution in [0.2, 0.25) is 0 Å². The highest BCUT2D eigenvalue weighted by Gasteiger charge is 2.37. The third kappa shape index (κ3) is 4.22. The maximum absolute atomic E-state index is 13.4. The highest BCUT2D eigenvalue weighted by molar-refractivity contribution is 5.99. The number of benzene rings is 2. The van der Waals surface area contributed by atoms with Gasteiger partial charge in [0, 0.05) is 0 Å². The summed E-state index contributed by atoms with van der Waals surface area (Å²) in [5.41, 5.74) is 3.93. The summed E-state index contributed by atoms with van der Waals surface area (Å²) in [5.74, 6) is 0.950. The lowest BCUT2D eigenvalue weighted by molar-refractivity contribution is 0.0926. The highest BCUT2D eigenvalue weighted by atomic mass is 16.1. The van der Waals surface area contributed by atoms with Gasteiger partial charge in [-0.1, -0.05) is 74.0 Å². The van der Waals surface area contributed by atoms with Gasteiger partial charge in [0.2, 0.25) is 0 Å². The molecule has 3 aromatic rings. The summed E-state index contributed by atoms with van der Waals surface area (Å²) >= 11 is 0. The van der Waals surface area contributed by atoms with Crippen LogP contribution in [0.5, 0.6) is 0 Å². The molecule has 0 radical (unpaired) electrons. The van der Waals surface area contributed by atoms with Crippen LogP contribution in [0.3, 0.4) is 0 Å². The number of amides is 1. The number of aryl methyl sites for hydroxylation is 1. The van der Waals surface area contributed by atoms with Crippen LogP contribution in [0.25, 0.3) is 0 Å². The van der Waals surface area contributed by atoms with Gasteiger partial charge in [0.05, 0.1) is 23.8 Å². The summed E-state index contributed by atoms with van der Waals surface area (Å²) in [7, 11) is 0. The van der Waals surface area contributed by atoms with Gasteiger partial charge in [-0.05, 0) is 44.2 Å². The third-order valence-electron chi connectivity index (χ3n) is 6.19. The van der Waals surface area contributed by atoms with Gasteiger partial charge in [-0.3, -0.25) is 4.79 Å². The number of fused-ring (bicyclic) bond motifs is 1. The average molecular weight is 417 g/mol. The van der Waals surface area contributed by atoms with E-state index in [0.717, 1.165) is 17.8 Å². The number of carbonyl (C=O) groups is 1. The summed E-state index contributed by atoms with van der Waals surface area (Å²) in [5, 5.41) is 11.4. The fraction of sp³-hybridized carbons (Fsp3) is 0.385. The fourth-order valence-corrected chi connectivity index (χ4v) is 4.43. The van der Waals surface area contributed by atoms with Gasteiger partial charge in [0.15, 0.2) is 0 Å². The predicted molar refractivity (Wildman–Crippen MR) is 125 cm³/mol. The van der Waals surface area contributed by atoms with Gasteiger partial charge in [0.1, 0.15) is 11.4 Å². The maximum Gasteiger partial charge on any atom is 0.257 e. The molecule has 1 aliphatic rings. The molecule has 0 saturated heterocycles. The molecule has 0 bridgehead atoms. The van der Waals surface area contributed by atoms with E-state index in [9.17, 15) is 4.79 Å². The van der Waals surface area contributed by atoms with Crippen molar-refractivity contribution in [3.05, 3.63) is 83.0 Å². The van der Waals surface area contributed by atoms with Crippen molar-refractivity contribution in [1.29, 1.82) is 0 Å². The number of hydrogen-bond acceptors (Lipinski definition) is 3. The van der Waals surface area contributed by atoms with E-state index in [-0.39, 0.29) is 29.4 Å². The molecule has 2 N–H and O–H groups in total. The molecule has 4 rings (SSSR count). The molecule has 0 aliphatic carbocycles. The normalized spacial score (nSPS) is 18.2. The summed E-state index contributed by atoms with van der Waals surface area (Å²) in [4.78, 5) is 13.4. The Morgan fingerprint density at radius 2 is 1.81 bits per heavy atom. The quantitative estimate of drug-likeness (QED) is 0.568. The lowest BCUT2D eigenvalue weighted by atomic mass is 9.89. The first kappa shape index (κ1) is 21.2. The molecule has 1 aliphatic heterocycles. The van der Waals surface area contributed by atoms with Gasteiger partial charge in [0.25, 0.3) is 5.91 Å². The number of nitrogens with one attached hydrogen (secondary N) is 2. The topological polar surface area (TPSA) is 59.0 Å². The minimum absolute atomic E-state index is 0.0647. The van der Waals surface area contributed by atoms with Crippen LogP contribution in [-0.4, -0.2) is 15.7 Å². The second kappa shape index (κ2) is 8.22. The van der Waals surface area contributed by atoms with Crippen LogP contribution in [-0.2, 0) is 5.54 Å². The van der Waals surface area contributed by atoms with Crippen LogP contribution in [0.15, 0.2) is 60.8 Å². The molecule has 2 aromatic carbocycles. The molecular formula is C26H32N4O. The van der Waals surface area contributed by atoms with Crippen molar-refractivity contribution in [3.8, 4) is 0 Å². The smallest absolute Gasteiger partial charge is 0.257 e. The van der Waals surface area contributed by atoms with E-state index in [2.05, 4.69) is 98.9 Å². The van der Waals surface area contributed by atoms with Crippen molar-refractivity contribution in [2.75, 3.05) is 5.32 Å². The largest absolute Gasteiger partial charge is 0.363 e. The van der Waals surface area contributed by atoms with E-state index in [1.165, 1.54) is 11.1 Å². The van der Waals surface area contributed by atoms with Crippen LogP contribution >= 0.6 is 0 Å². The Hall–Kier alpha value is -3.08. The first-order valence-electron chi connectivity index (χ1n) is 11.0. The third-order valence-corrected chi connectivity index (χ3v) is 6.19. The summed E-state index contributed by atoms with van der Waals surface area (Å²) in [6.07, 6.45) is 2.59. The van der Waals surface area contributed by atoms with Gasteiger partial charge in [-0.15, -0.1) is 0 Å². The Kier molecular flexibility index (Phi) is 5.61. The molecule has 2 atom stereocenters. The van der Waals surface area contributed by atoms with Gasteiger partial charge in [-0.2, -0.15) is 5.10 Å².